The molecule has 0 aliphatic carbocycles. The van der Waals surface area contributed by atoms with Crippen LogP contribution in [0.5, 0.6) is 0 Å². The van der Waals surface area contributed by atoms with E-state index < -0.39 is 0 Å². The second-order valence-corrected chi connectivity index (χ2v) is 6.47. The lowest BCUT2D eigenvalue weighted by molar-refractivity contribution is -0.123. The number of benzene rings is 1. The van der Waals surface area contributed by atoms with Crippen LogP contribution in [0.2, 0.25) is 0 Å². The molecule has 1 N–H and O–H groups in total. The van der Waals surface area contributed by atoms with Crippen molar-refractivity contribution in [2.24, 2.45) is 0 Å². The number of carbonyl (C=O) groups excluding carboxylic acids is 3. The summed E-state index contributed by atoms with van der Waals surface area (Å²) in [5, 5.41) is 2.97. The highest BCUT2D eigenvalue weighted by Crippen LogP contribution is 2.16. The maximum Gasteiger partial charge on any atom is 0.409 e. The Morgan fingerprint density at radius 1 is 1.19 bits per heavy atom. The van der Waals surface area contributed by atoms with E-state index in [1.165, 1.54) is 11.8 Å². The molecule has 7 heteroatoms. The molecule has 0 spiro atoms. The van der Waals surface area contributed by atoms with Gasteiger partial charge in [-0.15, -0.1) is 0 Å². The molecule has 26 heavy (non-hydrogen) atoms. The first-order valence-corrected chi connectivity index (χ1v) is 8.96. The number of ether oxygens (including phenoxy) is 1. The van der Waals surface area contributed by atoms with Gasteiger partial charge in [0.15, 0.2) is 0 Å². The summed E-state index contributed by atoms with van der Waals surface area (Å²) in [6.45, 7) is 6.64. The second-order valence-electron chi connectivity index (χ2n) is 6.47. The van der Waals surface area contributed by atoms with Gasteiger partial charge in [-0.3, -0.25) is 9.59 Å². The van der Waals surface area contributed by atoms with E-state index >= 15 is 0 Å². The van der Waals surface area contributed by atoms with Crippen LogP contribution in [0.4, 0.5) is 10.5 Å². The number of hydrogen-bond acceptors (Lipinski definition) is 4. The van der Waals surface area contributed by atoms with Crippen molar-refractivity contribution in [1.82, 2.24) is 10.2 Å². The minimum atomic E-state index is -0.306. The van der Waals surface area contributed by atoms with Crippen LogP contribution in [0.15, 0.2) is 24.3 Å². The van der Waals surface area contributed by atoms with Gasteiger partial charge in [0, 0.05) is 31.7 Å². The highest BCUT2D eigenvalue weighted by Gasteiger charge is 2.25. The molecule has 1 fully saturated rings. The minimum absolute atomic E-state index is 0.00000231. The predicted octanol–water partition coefficient (Wildman–Crippen LogP) is 2.09. The minimum Gasteiger partial charge on any atom is -0.450 e. The van der Waals surface area contributed by atoms with Crippen LogP contribution in [0, 0.1) is 6.92 Å². The number of hydrogen-bond donors (Lipinski definition) is 1. The summed E-state index contributed by atoms with van der Waals surface area (Å²) in [7, 11) is 0. The number of aryl methyl sites for hydroxylation is 1. The van der Waals surface area contributed by atoms with E-state index in [4.69, 9.17) is 4.74 Å². The number of nitrogens with one attached hydrogen (secondary N) is 1. The number of carbonyl (C=O) groups is 3. The molecular formula is C19H27N3O4. The summed E-state index contributed by atoms with van der Waals surface area (Å²) in [5.41, 5.74) is 1.80. The third kappa shape index (κ3) is 5.47. The Kier molecular flexibility index (Phi) is 7.00. The summed E-state index contributed by atoms with van der Waals surface area (Å²) < 4.78 is 4.99. The first-order chi connectivity index (χ1) is 12.4. The molecule has 3 amide bonds. The van der Waals surface area contributed by atoms with Crippen molar-refractivity contribution in [3.8, 4) is 0 Å². The fourth-order valence-corrected chi connectivity index (χ4v) is 2.95. The lowest BCUT2D eigenvalue weighted by Crippen LogP contribution is -2.49. The third-order valence-corrected chi connectivity index (χ3v) is 4.41. The summed E-state index contributed by atoms with van der Waals surface area (Å²) >= 11 is 0. The van der Waals surface area contributed by atoms with E-state index in [1.807, 2.05) is 31.2 Å². The normalized spacial score (nSPS) is 14.7. The molecule has 1 aliphatic rings. The second kappa shape index (κ2) is 9.22. The van der Waals surface area contributed by atoms with E-state index in [1.54, 1.807) is 11.8 Å². The van der Waals surface area contributed by atoms with E-state index in [2.05, 4.69) is 5.32 Å². The van der Waals surface area contributed by atoms with Gasteiger partial charge in [-0.1, -0.05) is 17.7 Å². The van der Waals surface area contributed by atoms with E-state index in [0.29, 0.717) is 38.2 Å². The molecule has 142 valence electrons. The number of anilines is 1. The molecule has 2 rings (SSSR count). The molecule has 1 saturated heterocycles. The van der Waals surface area contributed by atoms with Gasteiger partial charge in [-0.25, -0.2) is 4.79 Å². The van der Waals surface area contributed by atoms with Gasteiger partial charge >= 0.3 is 6.09 Å². The molecule has 0 aromatic heterocycles. The number of likely N-dealkylation sites (tertiary alicyclic amines) is 1. The van der Waals surface area contributed by atoms with Crippen molar-refractivity contribution in [2.75, 3.05) is 31.1 Å². The lowest BCUT2D eigenvalue weighted by Gasteiger charge is -2.32. The zero-order chi connectivity index (χ0) is 19.1. The standard InChI is InChI=1S/C19H27N3O4/c1-4-26-19(25)21-11-9-16(10-12-21)20-18(24)13-22(15(3)23)17-7-5-14(2)6-8-17/h5-8,16H,4,9-13H2,1-3H3,(H,20,24). The number of piperidine rings is 1. The zero-order valence-corrected chi connectivity index (χ0v) is 15.7. The molecule has 0 saturated carbocycles. The van der Waals surface area contributed by atoms with Crippen molar-refractivity contribution in [1.29, 1.82) is 0 Å². The Hall–Kier alpha value is -2.57. The maximum atomic E-state index is 12.4. The summed E-state index contributed by atoms with van der Waals surface area (Å²) in [4.78, 5) is 39.1. The maximum absolute atomic E-state index is 12.4. The van der Waals surface area contributed by atoms with Gasteiger partial charge in [-0.2, -0.15) is 0 Å². The number of amides is 3. The van der Waals surface area contributed by atoms with Gasteiger partial charge in [-0.05, 0) is 38.8 Å². The Bertz CT molecular complexity index is 637. The molecule has 1 aromatic carbocycles. The van der Waals surface area contributed by atoms with Crippen molar-refractivity contribution >= 4 is 23.6 Å². The van der Waals surface area contributed by atoms with E-state index in [-0.39, 0.29) is 30.5 Å². The van der Waals surface area contributed by atoms with Gasteiger partial charge < -0.3 is 19.9 Å². The van der Waals surface area contributed by atoms with Crippen LogP contribution in [-0.4, -0.2) is 55.1 Å². The lowest BCUT2D eigenvalue weighted by atomic mass is 10.1. The van der Waals surface area contributed by atoms with Gasteiger partial charge in [0.2, 0.25) is 11.8 Å². The number of rotatable bonds is 5. The largest absolute Gasteiger partial charge is 0.450 e. The van der Waals surface area contributed by atoms with Crippen molar-refractivity contribution in [3.63, 3.8) is 0 Å². The molecule has 1 aliphatic heterocycles. The van der Waals surface area contributed by atoms with Crippen molar-refractivity contribution in [3.05, 3.63) is 29.8 Å². The van der Waals surface area contributed by atoms with Crippen LogP contribution in [0.1, 0.15) is 32.3 Å². The van der Waals surface area contributed by atoms with Gasteiger partial charge in [0.05, 0.1) is 6.61 Å². The highest BCUT2D eigenvalue weighted by atomic mass is 16.6. The van der Waals surface area contributed by atoms with Crippen LogP contribution < -0.4 is 10.2 Å². The zero-order valence-electron chi connectivity index (χ0n) is 15.7. The molecule has 0 atom stereocenters. The average Bonchev–Trinajstić information content (AvgIpc) is 2.61. The number of nitrogens with zero attached hydrogens (tertiary/aromatic N) is 2. The Labute approximate surface area is 154 Å². The van der Waals surface area contributed by atoms with Gasteiger partial charge in [0.1, 0.15) is 6.54 Å². The smallest absolute Gasteiger partial charge is 0.409 e. The van der Waals surface area contributed by atoms with Gasteiger partial charge in [0.25, 0.3) is 0 Å². The van der Waals surface area contributed by atoms with Crippen molar-refractivity contribution < 1.29 is 19.1 Å². The Morgan fingerprint density at radius 2 is 1.81 bits per heavy atom. The monoisotopic (exact) mass is 361 g/mol. The first kappa shape index (κ1) is 19.8. The van der Waals surface area contributed by atoms with Crippen LogP contribution in [-0.2, 0) is 14.3 Å². The fraction of sp³-hybridized carbons (Fsp3) is 0.526. The Morgan fingerprint density at radius 3 is 2.35 bits per heavy atom. The molecular weight excluding hydrogens is 334 g/mol. The van der Waals surface area contributed by atoms with Crippen LogP contribution >= 0.6 is 0 Å². The molecule has 0 radical (unpaired) electrons. The average molecular weight is 361 g/mol. The SMILES string of the molecule is CCOC(=O)N1CCC(NC(=O)CN(C(C)=O)c2ccc(C)cc2)CC1. The van der Waals surface area contributed by atoms with Crippen molar-refractivity contribution in [2.45, 2.75) is 39.7 Å². The summed E-state index contributed by atoms with van der Waals surface area (Å²) in [6, 6.07) is 7.49. The Balaban J connectivity index is 1.86. The van der Waals surface area contributed by atoms with E-state index in [0.717, 1.165) is 5.56 Å². The fourth-order valence-electron chi connectivity index (χ4n) is 2.95. The predicted molar refractivity (Wildman–Crippen MR) is 99.0 cm³/mol. The third-order valence-electron chi connectivity index (χ3n) is 4.41. The molecule has 0 bridgehead atoms. The molecule has 0 unspecified atom stereocenters. The first-order valence-electron chi connectivity index (χ1n) is 8.96. The van der Waals surface area contributed by atoms with E-state index in [9.17, 15) is 14.4 Å². The topological polar surface area (TPSA) is 79.0 Å². The highest BCUT2D eigenvalue weighted by molar-refractivity contribution is 5.97. The summed E-state index contributed by atoms with van der Waals surface area (Å²) in [6.07, 6.45) is 1.05. The molecule has 1 heterocycles. The molecule has 1 aromatic rings. The summed E-state index contributed by atoms with van der Waals surface area (Å²) in [5.74, 6) is -0.378. The quantitative estimate of drug-likeness (QED) is 0.871. The molecule has 7 nitrogen and oxygen atoms in total. The van der Waals surface area contributed by atoms with Crippen LogP contribution in [0.25, 0.3) is 0 Å². The van der Waals surface area contributed by atoms with Crippen LogP contribution in [0.3, 0.4) is 0 Å².